The Labute approximate surface area is 194 Å². The molecule has 0 unspecified atom stereocenters. The second-order valence-corrected chi connectivity index (χ2v) is 6.65. The Balaban J connectivity index is 1.97. The van der Waals surface area contributed by atoms with Crippen molar-refractivity contribution in [2.45, 2.75) is 19.8 Å². The van der Waals surface area contributed by atoms with E-state index >= 15 is 0 Å². The van der Waals surface area contributed by atoms with Crippen LogP contribution in [0.4, 0.5) is 0 Å². The van der Waals surface area contributed by atoms with Crippen molar-refractivity contribution in [2.75, 3.05) is 20.3 Å². The first-order valence-electron chi connectivity index (χ1n) is 10.1. The highest BCUT2D eigenvalue weighted by molar-refractivity contribution is 5.95. The molecule has 0 bridgehead atoms. The third kappa shape index (κ3) is 8.61. The van der Waals surface area contributed by atoms with E-state index in [1.54, 1.807) is 24.3 Å². The van der Waals surface area contributed by atoms with E-state index in [4.69, 9.17) is 18.9 Å². The third-order valence-electron chi connectivity index (χ3n) is 4.14. The zero-order valence-electron chi connectivity index (χ0n) is 18.6. The molecular weight excluding hydrogens is 450 g/mol. The number of ether oxygens (including phenoxy) is 4. The molecule has 2 aromatic rings. The van der Waals surface area contributed by atoms with Crippen LogP contribution in [0, 0.1) is 10.1 Å². The number of unbranched alkanes of at least 4 members (excludes halogenated alkanes) is 1. The molecule has 11 heteroatoms. The number of methoxy groups -OCH3 is 1. The lowest BCUT2D eigenvalue weighted by Crippen LogP contribution is -2.13. The third-order valence-corrected chi connectivity index (χ3v) is 4.14. The Morgan fingerprint density at radius 1 is 0.971 bits per heavy atom. The summed E-state index contributed by atoms with van der Waals surface area (Å²) in [5.74, 6) is -1.47. The summed E-state index contributed by atoms with van der Waals surface area (Å²) in [6.45, 7) is 1.26. The number of carbonyl (C=O) groups is 3. The van der Waals surface area contributed by atoms with Gasteiger partial charge in [0.25, 0.3) is 5.09 Å². The van der Waals surface area contributed by atoms with E-state index in [-0.39, 0.29) is 36.0 Å². The molecule has 0 N–H and O–H groups in total. The molecule has 0 saturated carbocycles. The summed E-state index contributed by atoms with van der Waals surface area (Å²) in [7, 11) is 1.39. The van der Waals surface area contributed by atoms with E-state index in [1.807, 2.05) is 0 Å². The Bertz CT molecular complexity index is 1060. The molecule has 0 aromatic heterocycles. The summed E-state index contributed by atoms with van der Waals surface area (Å²) in [6.07, 6.45) is 3.49. The van der Waals surface area contributed by atoms with Gasteiger partial charge in [0.05, 0.1) is 20.3 Å². The van der Waals surface area contributed by atoms with Crippen LogP contribution in [0.2, 0.25) is 0 Å². The molecule has 0 fully saturated rings. The van der Waals surface area contributed by atoms with Gasteiger partial charge in [0.15, 0.2) is 11.5 Å². The minimum absolute atomic E-state index is 0.0631. The van der Waals surface area contributed by atoms with Gasteiger partial charge in [0.1, 0.15) is 11.3 Å². The molecule has 0 amide bonds. The monoisotopic (exact) mass is 473 g/mol. The van der Waals surface area contributed by atoms with Gasteiger partial charge in [-0.2, -0.15) is 0 Å². The Kier molecular flexibility index (Phi) is 10.0. The zero-order chi connectivity index (χ0) is 24.9. The molecule has 0 aliphatic carbocycles. The van der Waals surface area contributed by atoms with Crippen LogP contribution in [0.3, 0.4) is 0 Å². The fourth-order valence-electron chi connectivity index (χ4n) is 2.63. The van der Waals surface area contributed by atoms with E-state index in [2.05, 4.69) is 4.84 Å². The highest BCUT2D eigenvalue weighted by atomic mass is 16.9. The van der Waals surface area contributed by atoms with Crippen LogP contribution >= 0.6 is 0 Å². The fourth-order valence-corrected chi connectivity index (χ4v) is 2.63. The SMILES string of the molecule is COc1cc(C=CC(=O)OCCCCO[N+](=O)[O-])ccc1OC(=O)c1ccccc1OC(C)=O. The van der Waals surface area contributed by atoms with Crippen molar-refractivity contribution < 1.29 is 43.3 Å². The average Bonchev–Trinajstić information content (AvgIpc) is 2.80. The molecule has 180 valence electrons. The highest BCUT2D eigenvalue weighted by Crippen LogP contribution is 2.30. The Morgan fingerprint density at radius 3 is 2.41 bits per heavy atom. The van der Waals surface area contributed by atoms with Crippen molar-refractivity contribution in [1.82, 2.24) is 0 Å². The quantitative estimate of drug-likeness (QED) is 0.112. The van der Waals surface area contributed by atoms with Crippen molar-refractivity contribution in [1.29, 1.82) is 0 Å². The second kappa shape index (κ2) is 13.2. The molecular formula is C23H23NO10. The van der Waals surface area contributed by atoms with Crippen LogP contribution in [0.1, 0.15) is 35.7 Å². The second-order valence-electron chi connectivity index (χ2n) is 6.65. The minimum Gasteiger partial charge on any atom is -0.493 e. The van der Waals surface area contributed by atoms with E-state index in [0.717, 1.165) is 0 Å². The zero-order valence-corrected chi connectivity index (χ0v) is 18.6. The molecule has 0 aliphatic heterocycles. The minimum atomic E-state index is -0.878. The fraction of sp³-hybridized carbons (Fsp3) is 0.261. The van der Waals surface area contributed by atoms with Crippen molar-refractivity contribution in [3.05, 3.63) is 69.8 Å². The number of hydrogen-bond acceptors (Lipinski definition) is 10. The summed E-state index contributed by atoms with van der Waals surface area (Å²) in [5.41, 5.74) is 0.643. The standard InChI is InChI=1S/C23H23NO10/c1-16(25)33-19-8-4-3-7-18(19)23(27)34-20-11-9-17(15-21(20)30-2)10-12-22(26)31-13-5-6-14-32-24(28)29/h3-4,7-12,15H,5-6,13-14H2,1-2H3. The largest absolute Gasteiger partial charge is 0.493 e. The lowest BCUT2D eigenvalue weighted by molar-refractivity contribution is -0.757. The van der Waals surface area contributed by atoms with E-state index in [9.17, 15) is 24.5 Å². The lowest BCUT2D eigenvalue weighted by atomic mass is 10.1. The summed E-state index contributed by atoms with van der Waals surface area (Å²) in [5, 5.41) is 9.15. The summed E-state index contributed by atoms with van der Waals surface area (Å²) in [4.78, 5) is 49.9. The number of benzene rings is 2. The van der Waals surface area contributed by atoms with Crippen LogP contribution in [0.15, 0.2) is 48.5 Å². The molecule has 0 aliphatic rings. The number of esters is 3. The van der Waals surface area contributed by atoms with Crippen molar-refractivity contribution in [2.24, 2.45) is 0 Å². The van der Waals surface area contributed by atoms with Gasteiger partial charge < -0.3 is 23.8 Å². The van der Waals surface area contributed by atoms with Crippen LogP contribution in [-0.2, 0) is 19.2 Å². The topological polar surface area (TPSA) is 141 Å². The van der Waals surface area contributed by atoms with Crippen molar-refractivity contribution in [3.63, 3.8) is 0 Å². The maximum absolute atomic E-state index is 12.6. The number of nitrogens with zero attached hydrogens (tertiary/aromatic N) is 1. The van der Waals surface area contributed by atoms with Gasteiger partial charge in [0, 0.05) is 13.0 Å². The van der Waals surface area contributed by atoms with Gasteiger partial charge in [-0.05, 0) is 48.7 Å². The first-order chi connectivity index (χ1) is 16.3. The van der Waals surface area contributed by atoms with Gasteiger partial charge in [0.2, 0.25) is 0 Å². The number of rotatable bonds is 12. The van der Waals surface area contributed by atoms with Gasteiger partial charge in [-0.3, -0.25) is 4.79 Å². The molecule has 2 aromatic carbocycles. The van der Waals surface area contributed by atoms with Crippen LogP contribution in [0.25, 0.3) is 6.08 Å². The predicted octanol–water partition coefficient (Wildman–Crippen LogP) is 3.38. The number of para-hydroxylation sites is 1. The van der Waals surface area contributed by atoms with Crippen molar-refractivity contribution in [3.8, 4) is 17.2 Å². The lowest BCUT2D eigenvalue weighted by Gasteiger charge is -2.12. The molecule has 0 radical (unpaired) electrons. The molecule has 11 nitrogen and oxygen atoms in total. The van der Waals surface area contributed by atoms with E-state index in [1.165, 1.54) is 44.4 Å². The predicted molar refractivity (Wildman–Crippen MR) is 118 cm³/mol. The number of carbonyl (C=O) groups excluding carboxylic acids is 3. The first kappa shape index (κ1) is 25.8. The summed E-state index contributed by atoms with van der Waals surface area (Å²) < 4.78 is 20.7. The normalized spacial score (nSPS) is 10.4. The Morgan fingerprint density at radius 2 is 1.71 bits per heavy atom. The molecule has 34 heavy (non-hydrogen) atoms. The molecule has 0 heterocycles. The van der Waals surface area contributed by atoms with Gasteiger partial charge in [-0.1, -0.05) is 18.2 Å². The highest BCUT2D eigenvalue weighted by Gasteiger charge is 2.18. The van der Waals surface area contributed by atoms with Gasteiger partial charge in [-0.25, -0.2) is 9.59 Å². The summed E-state index contributed by atoms with van der Waals surface area (Å²) >= 11 is 0. The maximum Gasteiger partial charge on any atom is 0.347 e. The van der Waals surface area contributed by atoms with Crippen LogP contribution in [-0.4, -0.2) is 43.3 Å². The summed E-state index contributed by atoms with van der Waals surface area (Å²) in [6, 6.07) is 10.8. The smallest absolute Gasteiger partial charge is 0.347 e. The van der Waals surface area contributed by atoms with Gasteiger partial charge >= 0.3 is 17.9 Å². The van der Waals surface area contributed by atoms with Crippen molar-refractivity contribution >= 4 is 24.0 Å². The Hall–Kier alpha value is -4.41. The average molecular weight is 473 g/mol. The molecule has 2 rings (SSSR count). The van der Waals surface area contributed by atoms with E-state index in [0.29, 0.717) is 18.4 Å². The van der Waals surface area contributed by atoms with Crippen LogP contribution < -0.4 is 14.2 Å². The van der Waals surface area contributed by atoms with E-state index < -0.39 is 23.0 Å². The van der Waals surface area contributed by atoms with Gasteiger partial charge in [-0.15, -0.1) is 10.1 Å². The number of hydrogen-bond donors (Lipinski definition) is 0. The molecule has 0 atom stereocenters. The molecule has 0 saturated heterocycles. The maximum atomic E-state index is 12.6. The molecule has 0 spiro atoms. The van der Waals surface area contributed by atoms with Crippen LogP contribution in [0.5, 0.6) is 17.2 Å². The first-order valence-corrected chi connectivity index (χ1v) is 10.1.